The van der Waals surface area contributed by atoms with Gasteiger partial charge in [-0.15, -0.1) is 0 Å². The van der Waals surface area contributed by atoms with Crippen molar-refractivity contribution in [3.05, 3.63) is 21.8 Å². The highest BCUT2D eigenvalue weighted by atomic mass is 79.9. The molecule has 1 fully saturated rings. The molecule has 2 nitrogen and oxygen atoms in total. The van der Waals surface area contributed by atoms with E-state index in [0.29, 0.717) is 11.1 Å². The van der Waals surface area contributed by atoms with Crippen LogP contribution in [-0.2, 0) is 0 Å². The van der Waals surface area contributed by atoms with Crippen LogP contribution < -0.4 is 5.32 Å². The van der Waals surface area contributed by atoms with Crippen LogP contribution in [0, 0.1) is 0 Å². The zero-order valence-electron chi connectivity index (χ0n) is 9.75. The van der Waals surface area contributed by atoms with E-state index in [2.05, 4.69) is 32.5 Å². The van der Waals surface area contributed by atoms with Crippen LogP contribution in [0.5, 0.6) is 0 Å². The summed E-state index contributed by atoms with van der Waals surface area (Å²) < 4.78 is 0.915. The Morgan fingerprint density at radius 1 is 1.53 bits per heavy atom. The summed E-state index contributed by atoms with van der Waals surface area (Å²) in [5.41, 5.74) is 0. The first-order valence-electron chi connectivity index (χ1n) is 5.79. The molecule has 2 atom stereocenters. The van der Waals surface area contributed by atoms with Gasteiger partial charge in [-0.1, -0.05) is 18.0 Å². The van der Waals surface area contributed by atoms with E-state index in [0.717, 1.165) is 15.5 Å². The Balaban J connectivity index is 2.00. The maximum atomic E-state index is 6.16. The smallest absolute Gasteiger partial charge is 0.145 e. The summed E-state index contributed by atoms with van der Waals surface area (Å²) in [6.45, 7) is 0. The first kappa shape index (κ1) is 13.5. The molecule has 1 aromatic rings. The molecule has 0 amide bonds. The summed E-state index contributed by atoms with van der Waals surface area (Å²) >= 11 is 11.5. The van der Waals surface area contributed by atoms with E-state index >= 15 is 0 Å². The topological polar surface area (TPSA) is 24.9 Å². The number of halogens is 2. The number of hydrogen-bond donors (Lipinski definition) is 1. The van der Waals surface area contributed by atoms with E-state index in [1.807, 2.05) is 17.8 Å². The van der Waals surface area contributed by atoms with E-state index < -0.39 is 0 Å². The summed E-state index contributed by atoms with van der Waals surface area (Å²) in [6.07, 6.45) is 9.01. The Morgan fingerprint density at radius 3 is 3.06 bits per heavy atom. The number of nitrogens with one attached hydrogen (secondary N) is 1. The third-order valence-corrected chi connectivity index (χ3v) is 4.92. The van der Waals surface area contributed by atoms with Crippen molar-refractivity contribution < 1.29 is 0 Å². The lowest BCUT2D eigenvalue weighted by atomic mass is 9.95. The standard InChI is InChI=1S/C12H16BrClN2S/c1-17-10-4-2-3-9(6-10)16-12-11(14)5-8(13)7-15-12/h5,7,9-10H,2-4,6H2,1H3,(H,15,16). The lowest BCUT2D eigenvalue weighted by Crippen LogP contribution is -2.28. The molecule has 0 radical (unpaired) electrons. The number of thioether (sulfide) groups is 1. The molecule has 0 spiro atoms. The van der Waals surface area contributed by atoms with Crippen LogP contribution in [0.2, 0.25) is 5.02 Å². The van der Waals surface area contributed by atoms with Crippen LogP contribution in [0.3, 0.4) is 0 Å². The normalized spacial score (nSPS) is 24.6. The first-order valence-corrected chi connectivity index (χ1v) is 8.25. The van der Waals surface area contributed by atoms with Gasteiger partial charge < -0.3 is 5.32 Å². The van der Waals surface area contributed by atoms with Crippen LogP contribution in [0.25, 0.3) is 0 Å². The van der Waals surface area contributed by atoms with Gasteiger partial charge in [-0.2, -0.15) is 11.8 Å². The molecule has 0 aromatic carbocycles. The summed E-state index contributed by atoms with van der Waals surface area (Å²) in [5, 5.41) is 4.92. The molecule has 1 heterocycles. The monoisotopic (exact) mass is 334 g/mol. The van der Waals surface area contributed by atoms with Crippen molar-refractivity contribution in [2.75, 3.05) is 11.6 Å². The summed E-state index contributed by atoms with van der Waals surface area (Å²) in [6, 6.07) is 2.39. The molecule has 2 rings (SSSR count). The Morgan fingerprint density at radius 2 is 2.35 bits per heavy atom. The fraction of sp³-hybridized carbons (Fsp3) is 0.583. The molecule has 1 saturated carbocycles. The maximum absolute atomic E-state index is 6.16. The highest BCUT2D eigenvalue weighted by molar-refractivity contribution is 9.10. The molecule has 1 N–H and O–H groups in total. The van der Waals surface area contributed by atoms with Crippen LogP contribution in [0.15, 0.2) is 16.7 Å². The quantitative estimate of drug-likeness (QED) is 0.875. The molecular weight excluding hydrogens is 320 g/mol. The van der Waals surface area contributed by atoms with Gasteiger partial charge in [0.2, 0.25) is 0 Å². The zero-order chi connectivity index (χ0) is 12.3. The third-order valence-electron chi connectivity index (χ3n) is 3.11. The average Bonchev–Trinajstić information content (AvgIpc) is 2.33. The Kier molecular flexibility index (Phi) is 5.00. The van der Waals surface area contributed by atoms with Crippen molar-refractivity contribution in [2.24, 2.45) is 0 Å². The van der Waals surface area contributed by atoms with Gasteiger partial charge in [0.05, 0.1) is 5.02 Å². The SMILES string of the molecule is CSC1CCCC(Nc2ncc(Br)cc2Cl)C1. The second-order valence-electron chi connectivity index (χ2n) is 4.35. The second kappa shape index (κ2) is 6.30. The lowest BCUT2D eigenvalue weighted by Gasteiger charge is -2.29. The van der Waals surface area contributed by atoms with Crippen molar-refractivity contribution in [3.8, 4) is 0 Å². The third kappa shape index (κ3) is 3.76. The molecular formula is C12H16BrClN2S. The van der Waals surface area contributed by atoms with E-state index in [-0.39, 0.29) is 0 Å². The van der Waals surface area contributed by atoms with Crippen LogP contribution in [0.1, 0.15) is 25.7 Å². The van der Waals surface area contributed by atoms with E-state index in [1.54, 1.807) is 6.20 Å². The van der Waals surface area contributed by atoms with Gasteiger partial charge in [-0.05, 0) is 47.5 Å². The molecule has 17 heavy (non-hydrogen) atoms. The van der Waals surface area contributed by atoms with E-state index in [4.69, 9.17) is 11.6 Å². The van der Waals surface area contributed by atoms with Gasteiger partial charge in [-0.3, -0.25) is 0 Å². The number of aromatic nitrogens is 1. The molecule has 0 aliphatic heterocycles. The Labute approximate surface area is 120 Å². The predicted molar refractivity (Wildman–Crippen MR) is 80.1 cm³/mol. The lowest BCUT2D eigenvalue weighted by molar-refractivity contribution is 0.473. The molecule has 1 aliphatic rings. The fourth-order valence-corrected chi connectivity index (χ4v) is 3.72. The number of hydrogen-bond acceptors (Lipinski definition) is 3. The molecule has 1 aliphatic carbocycles. The Hall–Kier alpha value is 0.0700. The molecule has 2 unspecified atom stereocenters. The molecule has 94 valence electrons. The fourth-order valence-electron chi connectivity index (χ4n) is 2.20. The van der Waals surface area contributed by atoms with E-state index in [1.165, 1.54) is 25.7 Å². The molecule has 0 saturated heterocycles. The van der Waals surface area contributed by atoms with Crippen LogP contribution in [-0.4, -0.2) is 22.5 Å². The molecule has 5 heteroatoms. The predicted octanol–water partition coefficient (Wildman–Crippen LogP) is 4.58. The van der Waals surface area contributed by atoms with E-state index in [9.17, 15) is 0 Å². The van der Waals surface area contributed by atoms with Crippen molar-refractivity contribution in [3.63, 3.8) is 0 Å². The van der Waals surface area contributed by atoms with Gasteiger partial charge in [0.1, 0.15) is 5.82 Å². The minimum absolute atomic E-state index is 0.507. The number of rotatable bonds is 3. The highest BCUT2D eigenvalue weighted by Crippen LogP contribution is 2.30. The summed E-state index contributed by atoms with van der Waals surface area (Å²) in [4.78, 5) is 4.33. The van der Waals surface area contributed by atoms with Gasteiger partial charge in [0.25, 0.3) is 0 Å². The summed E-state index contributed by atoms with van der Waals surface area (Å²) in [5.74, 6) is 0.807. The Bertz CT molecular complexity index is 389. The minimum Gasteiger partial charge on any atom is -0.366 e. The van der Waals surface area contributed by atoms with Crippen molar-refractivity contribution >= 4 is 45.1 Å². The second-order valence-corrected chi connectivity index (χ2v) is 6.81. The largest absolute Gasteiger partial charge is 0.366 e. The van der Waals surface area contributed by atoms with Gasteiger partial charge in [0, 0.05) is 22.0 Å². The zero-order valence-corrected chi connectivity index (χ0v) is 12.9. The first-order chi connectivity index (χ1) is 8.19. The summed E-state index contributed by atoms with van der Waals surface area (Å²) in [7, 11) is 0. The van der Waals surface area contributed by atoms with Crippen molar-refractivity contribution in [1.82, 2.24) is 4.98 Å². The number of anilines is 1. The minimum atomic E-state index is 0.507. The number of nitrogens with zero attached hydrogens (tertiary/aromatic N) is 1. The molecule has 0 bridgehead atoms. The van der Waals surface area contributed by atoms with Crippen molar-refractivity contribution in [2.45, 2.75) is 37.0 Å². The van der Waals surface area contributed by atoms with Gasteiger partial charge >= 0.3 is 0 Å². The highest BCUT2D eigenvalue weighted by Gasteiger charge is 2.21. The van der Waals surface area contributed by atoms with Gasteiger partial charge in [0.15, 0.2) is 0 Å². The van der Waals surface area contributed by atoms with Crippen LogP contribution in [0.4, 0.5) is 5.82 Å². The van der Waals surface area contributed by atoms with Crippen molar-refractivity contribution in [1.29, 1.82) is 0 Å². The number of pyridine rings is 1. The molecule has 1 aromatic heterocycles. The van der Waals surface area contributed by atoms with Crippen LogP contribution >= 0.6 is 39.3 Å². The van der Waals surface area contributed by atoms with Gasteiger partial charge in [-0.25, -0.2) is 4.98 Å². The average molecular weight is 336 g/mol. The maximum Gasteiger partial charge on any atom is 0.145 e.